The van der Waals surface area contributed by atoms with Gasteiger partial charge in [0.05, 0.1) is 72.3 Å². The minimum absolute atomic E-state index is 0.00839. The first-order chi connectivity index (χ1) is 36.6. The Kier molecular flexibility index (Phi) is 14.6. The molecule has 19 heteroatoms. The Hall–Kier alpha value is -5.36. The summed E-state index contributed by atoms with van der Waals surface area (Å²) in [6.07, 6.45) is 3.65. The molecule has 1 spiro atoms. The molecule has 2 radical (unpaired) electrons. The largest absolute Gasteiger partial charge is 0.461 e. The van der Waals surface area contributed by atoms with Crippen LogP contribution in [0.1, 0.15) is 119 Å². The number of amides is 2. The van der Waals surface area contributed by atoms with Crippen molar-refractivity contribution in [2.45, 2.75) is 141 Å². The van der Waals surface area contributed by atoms with Crippen LogP contribution in [-0.2, 0) is 41.6 Å². The molecular weight excluding hydrogens is 1010 g/mol. The first-order valence-electron chi connectivity index (χ1n) is 27.2. The van der Waals surface area contributed by atoms with E-state index in [0.717, 1.165) is 70.1 Å². The van der Waals surface area contributed by atoms with Crippen molar-refractivity contribution in [1.29, 1.82) is 0 Å². The van der Waals surface area contributed by atoms with Crippen LogP contribution in [0, 0.1) is 35.0 Å². The number of morpholine rings is 1. The Balaban J connectivity index is 1.07. The van der Waals surface area contributed by atoms with Crippen LogP contribution in [0.3, 0.4) is 0 Å². The minimum atomic E-state index is -2.66. The van der Waals surface area contributed by atoms with Crippen LogP contribution in [0.5, 0.6) is 0 Å². The zero-order valence-corrected chi connectivity index (χ0v) is 46.3. The van der Waals surface area contributed by atoms with Crippen molar-refractivity contribution in [1.82, 2.24) is 34.7 Å². The van der Waals surface area contributed by atoms with E-state index in [-0.39, 0.29) is 80.7 Å². The number of aromatic nitrogens is 4. The highest BCUT2D eigenvalue weighted by Gasteiger charge is 2.67. The Bertz CT molecular complexity index is 3040. The molecule has 76 heavy (non-hydrogen) atoms. The lowest BCUT2D eigenvalue weighted by Crippen LogP contribution is -2.82. The number of benzene rings is 1. The average molecular weight is 1080 g/mol. The first kappa shape index (κ1) is 52.7. The summed E-state index contributed by atoms with van der Waals surface area (Å²) in [5, 5.41) is 8.49. The highest BCUT2D eigenvalue weighted by Crippen LogP contribution is 2.54. The van der Waals surface area contributed by atoms with Gasteiger partial charge in [-0.15, -0.1) is 11.3 Å². The fourth-order valence-electron chi connectivity index (χ4n) is 13.1. The number of methoxy groups -OCH3 is 1. The number of quaternary nitrogens is 1. The number of carbonyl (C=O) groups is 3. The van der Waals surface area contributed by atoms with E-state index in [0.29, 0.717) is 62.0 Å². The Morgan fingerprint density at radius 3 is 2.64 bits per heavy atom. The number of aryl methyl sites for hydroxylation is 1. The van der Waals surface area contributed by atoms with Crippen LogP contribution in [0.15, 0.2) is 52.9 Å². The molecule has 2 aliphatic carbocycles. The van der Waals surface area contributed by atoms with E-state index in [1.165, 1.54) is 17.7 Å². The molecule has 7 aliphatic rings. The van der Waals surface area contributed by atoms with Crippen molar-refractivity contribution >= 4 is 49.7 Å². The van der Waals surface area contributed by atoms with Gasteiger partial charge < -0.3 is 28.5 Å². The molecule has 4 aromatic heterocycles. The molecule has 9 heterocycles. The van der Waals surface area contributed by atoms with Gasteiger partial charge in [0.25, 0.3) is 5.91 Å². The van der Waals surface area contributed by atoms with Crippen LogP contribution in [0.2, 0.25) is 6.04 Å². The molecule has 4 saturated heterocycles. The maximum atomic E-state index is 15.9. The van der Waals surface area contributed by atoms with E-state index < -0.39 is 42.2 Å². The third kappa shape index (κ3) is 9.62. The summed E-state index contributed by atoms with van der Waals surface area (Å²) in [6, 6.07) is 7.22. The summed E-state index contributed by atoms with van der Waals surface area (Å²) in [5.41, 5.74) is 6.99. The quantitative estimate of drug-likeness (QED) is 0.0769. The molecular formula is C57H69F2N8O7SSi+. The molecule has 1 N–H and O–H groups in total. The summed E-state index contributed by atoms with van der Waals surface area (Å²) >= 11 is 1.32. The van der Waals surface area contributed by atoms with Crippen molar-refractivity contribution in [2.75, 3.05) is 46.6 Å². The maximum Gasteiger partial charge on any atom is 0.419 e. The molecule has 5 aliphatic heterocycles. The number of thiazole rings is 1. The van der Waals surface area contributed by atoms with Gasteiger partial charge in [-0.05, 0) is 82.6 Å². The number of esters is 1. The molecule has 2 saturated carbocycles. The Labute approximate surface area is 449 Å². The van der Waals surface area contributed by atoms with Crippen molar-refractivity contribution in [3.63, 3.8) is 0 Å². The Morgan fingerprint density at radius 1 is 1.13 bits per heavy atom. The van der Waals surface area contributed by atoms with Gasteiger partial charge in [0, 0.05) is 107 Å². The van der Waals surface area contributed by atoms with Crippen LogP contribution < -0.4 is 5.32 Å². The highest BCUT2D eigenvalue weighted by molar-refractivity contribution is 7.10. The number of alkyl halides is 2. The topological polar surface area (TPSA) is 154 Å². The monoisotopic (exact) mass is 1080 g/mol. The highest BCUT2D eigenvalue weighted by atomic mass is 32.1. The third-order valence-electron chi connectivity index (χ3n) is 17.3. The van der Waals surface area contributed by atoms with Gasteiger partial charge in [0.1, 0.15) is 12.3 Å². The number of carbonyl (C=O) groups excluding carboxylic acids is 3. The van der Waals surface area contributed by atoms with Crippen LogP contribution in [0.25, 0.3) is 33.4 Å². The van der Waals surface area contributed by atoms with E-state index in [9.17, 15) is 13.6 Å². The van der Waals surface area contributed by atoms with Gasteiger partial charge in [-0.2, -0.15) is 0 Å². The molecule has 5 aromatic rings. The predicted octanol–water partition coefficient (Wildman–Crippen LogP) is 8.57. The number of rotatable bonds is 11. The molecule has 12 rings (SSSR count). The Morgan fingerprint density at radius 2 is 1.93 bits per heavy atom. The summed E-state index contributed by atoms with van der Waals surface area (Å²) in [7, 11) is 1.90. The first-order valence-corrected chi connectivity index (χ1v) is 29.2. The van der Waals surface area contributed by atoms with Gasteiger partial charge in [-0.3, -0.25) is 23.7 Å². The number of ether oxygens (including phenoxy) is 3. The lowest BCUT2D eigenvalue weighted by Gasteiger charge is -2.62. The number of halogens is 2. The summed E-state index contributed by atoms with van der Waals surface area (Å²) in [4.78, 5) is 62.8. The van der Waals surface area contributed by atoms with E-state index in [1.54, 1.807) is 13.4 Å². The molecule has 1 unspecified atom stereocenters. The van der Waals surface area contributed by atoms with Gasteiger partial charge in [0.15, 0.2) is 12.4 Å². The number of nitrogens with zero attached hydrogens (tertiary/aromatic N) is 7. The number of cyclic esters (lactones) is 1. The summed E-state index contributed by atoms with van der Waals surface area (Å²) < 4.78 is 55.1. The molecule has 2 amide bonds. The van der Waals surface area contributed by atoms with Crippen molar-refractivity contribution < 1.29 is 46.0 Å². The number of fused-ring (bicyclic) bond motifs is 4. The zero-order chi connectivity index (χ0) is 53.2. The lowest BCUT2D eigenvalue weighted by molar-refractivity contribution is -0.961. The summed E-state index contributed by atoms with van der Waals surface area (Å²) in [5.74, 6) is 4.22. The second-order valence-corrected chi connectivity index (χ2v) is 25.1. The number of hydrogen-bond donors (Lipinski definition) is 1. The second-order valence-electron chi connectivity index (χ2n) is 22.7. The SMILES string of the molecule is CCn1c(-c2cc(C#C[C@@H](C)N3CCOCC3)cnc2[C@H](C)OC)c2c3cc(ccc31)-c1csc(n1)[C@@H](CCC(F)F)[C@H](NC(=O)[C@@H]1[C@@H](C)[C@H]1c1cocn1)C(=O)N1C3CC(C3)[C@@H](C(=O)OCC(C)(C)C2)[N+]12CCC[Si]2. The van der Waals surface area contributed by atoms with Crippen LogP contribution >= 0.6 is 11.3 Å². The maximum absolute atomic E-state index is 15.9. The smallest absolute Gasteiger partial charge is 0.419 e. The van der Waals surface area contributed by atoms with E-state index in [2.05, 4.69) is 77.5 Å². The second kappa shape index (κ2) is 21.1. The predicted molar refractivity (Wildman–Crippen MR) is 284 cm³/mol. The third-order valence-corrected chi connectivity index (χ3v) is 20.1. The fraction of sp³-hybridized carbons (Fsp3) is 0.579. The number of nitrogens with one attached hydrogen (secondary N) is 1. The lowest BCUT2D eigenvalue weighted by atomic mass is 9.72. The van der Waals surface area contributed by atoms with E-state index in [4.69, 9.17) is 28.6 Å². The van der Waals surface area contributed by atoms with Crippen LogP contribution in [0.4, 0.5) is 8.78 Å². The molecule has 8 bridgehead atoms. The standard InChI is InChI=1S/C57H69F2N8O7SSi/c1-8-65-45-14-12-36-25-40(45)42(51(65)41-22-35(27-60-49(41)34(4)71-7)11-10-32(2)64-16-19-72-20-17-64)26-57(5,6)30-74-56(70)52-37-23-38(24-37)66(67(52)18-9-21-76-67)55(69)50(39(13-15-46(58)59)54-62-44(36)29-75-54)63-53(68)48-33(3)47(48)43-28-73-31-61-43/h12,14,22,25,27-29,31-34,37-39,46-48,50,52H,8-9,13,15-21,23-24,26,30H2,1-7H3,(H,63,68)/q+1/t32-,33+,34+,37?,38?,39+,47+,48-,50+,52+,67?/m1/s1. The molecule has 15 nitrogen and oxygen atoms in total. The van der Waals surface area contributed by atoms with Gasteiger partial charge in [-0.1, -0.05) is 38.7 Å². The average Bonchev–Trinajstić information content (AvgIpc) is 4.07. The van der Waals surface area contributed by atoms with Crippen molar-refractivity contribution in [3.8, 4) is 34.4 Å². The van der Waals surface area contributed by atoms with Gasteiger partial charge in [-0.25, -0.2) is 28.6 Å². The molecule has 9 atom stereocenters. The number of hydrogen-bond acceptors (Lipinski definition) is 12. The number of pyridine rings is 1. The van der Waals surface area contributed by atoms with E-state index >= 15 is 9.59 Å². The van der Waals surface area contributed by atoms with Gasteiger partial charge >= 0.3 is 15.7 Å². The van der Waals surface area contributed by atoms with Crippen molar-refractivity contribution in [3.05, 3.63) is 76.0 Å². The van der Waals surface area contributed by atoms with Gasteiger partial charge in [0.2, 0.25) is 12.3 Å². The zero-order valence-electron chi connectivity index (χ0n) is 44.5. The molecule has 402 valence electrons. The summed E-state index contributed by atoms with van der Waals surface area (Å²) in [6.45, 7) is 16.8. The molecule has 1 aromatic carbocycles. The number of oxazole rings is 1. The normalized spacial score (nSPS) is 29.1. The fourth-order valence-corrected chi connectivity index (χ4v) is 16.1. The van der Waals surface area contributed by atoms with E-state index in [1.807, 2.05) is 36.5 Å². The molecule has 6 fully saturated rings. The van der Waals surface area contributed by atoms with Crippen molar-refractivity contribution in [2.24, 2.45) is 23.2 Å². The minimum Gasteiger partial charge on any atom is -0.461 e. The van der Waals surface area contributed by atoms with Crippen LogP contribution in [-0.4, -0.2) is 138 Å².